The standard InChI is InChI=1S/C19H22N2O5/c1-4-15(25-14-8-6-5-7-9-14)19(22)26-21-18(20)13-10-11-16(23-2)17(12-13)24-3/h5-12,15H,4H2,1-3H3,(H2,20,21)/t15-/m1/s1. The number of amidine groups is 1. The van der Waals surface area contributed by atoms with Crippen LogP contribution in [0.5, 0.6) is 17.2 Å². The molecular formula is C19H22N2O5. The van der Waals surface area contributed by atoms with Crippen molar-refractivity contribution in [3.63, 3.8) is 0 Å². The summed E-state index contributed by atoms with van der Waals surface area (Å²) in [6, 6.07) is 14.0. The normalized spacial score (nSPS) is 12.2. The summed E-state index contributed by atoms with van der Waals surface area (Å²) in [5, 5.41) is 3.70. The van der Waals surface area contributed by atoms with Crippen molar-refractivity contribution in [1.29, 1.82) is 0 Å². The van der Waals surface area contributed by atoms with E-state index < -0.39 is 12.1 Å². The molecule has 26 heavy (non-hydrogen) atoms. The zero-order valence-electron chi connectivity index (χ0n) is 15.0. The topological polar surface area (TPSA) is 92.4 Å². The number of para-hydroxylation sites is 1. The summed E-state index contributed by atoms with van der Waals surface area (Å²) in [7, 11) is 3.05. The highest BCUT2D eigenvalue weighted by molar-refractivity contribution is 5.98. The molecule has 2 rings (SSSR count). The molecule has 0 saturated carbocycles. The molecule has 0 unspecified atom stereocenters. The van der Waals surface area contributed by atoms with E-state index in [0.717, 1.165) is 0 Å². The molecule has 0 spiro atoms. The zero-order chi connectivity index (χ0) is 18.9. The minimum atomic E-state index is -0.778. The average Bonchev–Trinajstić information content (AvgIpc) is 2.70. The third-order valence-corrected chi connectivity index (χ3v) is 3.57. The fraction of sp³-hybridized carbons (Fsp3) is 0.263. The Morgan fingerprint density at radius 3 is 2.38 bits per heavy atom. The van der Waals surface area contributed by atoms with Crippen molar-refractivity contribution in [2.24, 2.45) is 10.9 Å². The van der Waals surface area contributed by atoms with E-state index in [1.807, 2.05) is 25.1 Å². The highest BCUT2D eigenvalue weighted by atomic mass is 16.7. The third-order valence-electron chi connectivity index (χ3n) is 3.57. The second-order valence-corrected chi connectivity index (χ2v) is 5.28. The Labute approximate surface area is 152 Å². The van der Waals surface area contributed by atoms with Gasteiger partial charge in [-0.1, -0.05) is 30.3 Å². The van der Waals surface area contributed by atoms with Crippen LogP contribution in [0.25, 0.3) is 0 Å². The molecule has 138 valence electrons. The Hall–Kier alpha value is -3.22. The number of nitrogens with two attached hydrogens (primary N) is 1. The molecule has 0 aliphatic rings. The molecule has 2 aromatic carbocycles. The van der Waals surface area contributed by atoms with Crippen LogP contribution in [0.4, 0.5) is 0 Å². The first-order chi connectivity index (χ1) is 12.6. The third kappa shape index (κ3) is 4.89. The molecule has 7 heteroatoms. The predicted octanol–water partition coefficient (Wildman–Crippen LogP) is 2.72. The Bertz CT molecular complexity index is 762. The molecule has 0 fully saturated rings. The zero-order valence-corrected chi connectivity index (χ0v) is 15.0. The van der Waals surface area contributed by atoms with Gasteiger partial charge in [0, 0.05) is 5.56 Å². The number of carbonyl (C=O) groups excluding carboxylic acids is 1. The van der Waals surface area contributed by atoms with Gasteiger partial charge in [0.15, 0.2) is 23.4 Å². The first-order valence-electron chi connectivity index (χ1n) is 8.07. The van der Waals surface area contributed by atoms with Crippen LogP contribution in [0.1, 0.15) is 18.9 Å². The van der Waals surface area contributed by atoms with Crippen molar-refractivity contribution in [3.8, 4) is 17.2 Å². The number of hydrogen-bond acceptors (Lipinski definition) is 6. The van der Waals surface area contributed by atoms with Gasteiger partial charge in [-0.15, -0.1) is 0 Å². The Balaban J connectivity index is 2.05. The van der Waals surface area contributed by atoms with Gasteiger partial charge in [-0.2, -0.15) is 0 Å². The molecule has 0 bridgehead atoms. The highest BCUT2D eigenvalue weighted by Crippen LogP contribution is 2.27. The predicted molar refractivity (Wildman–Crippen MR) is 97.5 cm³/mol. The first-order valence-corrected chi connectivity index (χ1v) is 8.07. The van der Waals surface area contributed by atoms with E-state index in [0.29, 0.717) is 29.2 Å². The Morgan fingerprint density at radius 1 is 1.08 bits per heavy atom. The molecule has 0 heterocycles. The molecule has 2 N–H and O–H groups in total. The van der Waals surface area contributed by atoms with Crippen molar-refractivity contribution in [3.05, 3.63) is 54.1 Å². The van der Waals surface area contributed by atoms with Gasteiger partial charge in [0.25, 0.3) is 0 Å². The van der Waals surface area contributed by atoms with E-state index in [1.165, 1.54) is 14.2 Å². The van der Waals surface area contributed by atoms with Crippen LogP contribution in [0.15, 0.2) is 53.7 Å². The number of carbonyl (C=O) groups is 1. The minimum Gasteiger partial charge on any atom is -0.493 e. The lowest BCUT2D eigenvalue weighted by Gasteiger charge is -2.14. The van der Waals surface area contributed by atoms with Crippen molar-refractivity contribution in [1.82, 2.24) is 0 Å². The Kier molecular flexibility index (Phi) is 6.84. The van der Waals surface area contributed by atoms with Crippen LogP contribution in [0.3, 0.4) is 0 Å². The van der Waals surface area contributed by atoms with Gasteiger partial charge in [0.1, 0.15) is 5.75 Å². The fourth-order valence-electron chi connectivity index (χ4n) is 2.16. The van der Waals surface area contributed by atoms with Crippen molar-refractivity contribution < 1.29 is 23.8 Å². The number of ether oxygens (including phenoxy) is 3. The lowest BCUT2D eigenvalue weighted by Crippen LogP contribution is -2.28. The lowest BCUT2D eigenvalue weighted by atomic mass is 10.2. The quantitative estimate of drug-likeness (QED) is 0.338. The van der Waals surface area contributed by atoms with Gasteiger partial charge in [0.05, 0.1) is 14.2 Å². The summed E-state index contributed by atoms with van der Waals surface area (Å²) >= 11 is 0. The summed E-state index contributed by atoms with van der Waals surface area (Å²) in [6.07, 6.45) is -0.348. The number of benzene rings is 2. The molecule has 0 aliphatic heterocycles. The molecule has 0 saturated heterocycles. The largest absolute Gasteiger partial charge is 0.493 e. The van der Waals surface area contributed by atoms with E-state index in [4.69, 9.17) is 24.8 Å². The van der Waals surface area contributed by atoms with Gasteiger partial charge in [0.2, 0.25) is 0 Å². The molecule has 0 aliphatic carbocycles. The van der Waals surface area contributed by atoms with Crippen molar-refractivity contribution >= 4 is 11.8 Å². The van der Waals surface area contributed by atoms with E-state index in [-0.39, 0.29) is 5.84 Å². The lowest BCUT2D eigenvalue weighted by molar-refractivity contribution is -0.152. The summed E-state index contributed by atoms with van der Waals surface area (Å²) in [5.41, 5.74) is 6.42. The van der Waals surface area contributed by atoms with E-state index >= 15 is 0 Å². The van der Waals surface area contributed by atoms with Crippen molar-refractivity contribution in [2.45, 2.75) is 19.4 Å². The second kappa shape index (κ2) is 9.31. The molecule has 2 aromatic rings. The van der Waals surface area contributed by atoms with Crippen LogP contribution in [0, 0.1) is 0 Å². The summed E-state index contributed by atoms with van der Waals surface area (Å²) in [5.74, 6) is 1.04. The van der Waals surface area contributed by atoms with Crippen molar-refractivity contribution in [2.75, 3.05) is 14.2 Å². The van der Waals surface area contributed by atoms with Crippen LogP contribution in [0.2, 0.25) is 0 Å². The monoisotopic (exact) mass is 358 g/mol. The smallest absolute Gasteiger partial charge is 0.375 e. The fourth-order valence-corrected chi connectivity index (χ4v) is 2.16. The molecule has 0 amide bonds. The molecule has 7 nitrogen and oxygen atoms in total. The van der Waals surface area contributed by atoms with Gasteiger partial charge in [-0.25, -0.2) is 4.79 Å². The highest BCUT2D eigenvalue weighted by Gasteiger charge is 2.21. The van der Waals surface area contributed by atoms with Crippen LogP contribution in [-0.2, 0) is 9.63 Å². The molecular weight excluding hydrogens is 336 g/mol. The van der Waals surface area contributed by atoms with Gasteiger partial charge in [-0.05, 0) is 36.8 Å². The summed E-state index contributed by atoms with van der Waals surface area (Å²) in [6.45, 7) is 1.82. The van der Waals surface area contributed by atoms with Gasteiger partial charge < -0.3 is 24.8 Å². The van der Waals surface area contributed by atoms with Crippen LogP contribution in [-0.4, -0.2) is 32.1 Å². The SMILES string of the molecule is CC[C@@H](Oc1ccccc1)C(=O)O/N=C(/N)c1ccc(OC)c(OC)c1. The number of rotatable bonds is 8. The number of hydrogen-bond donors (Lipinski definition) is 1. The number of methoxy groups -OCH3 is 2. The van der Waals surface area contributed by atoms with Gasteiger partial charge >= 0.3 is 5.97 Å². The first kappa shape index (κ1) is 19.1. The van der Waals surface area contributed by atoms with E-state index in [2.05, 4.69) is 5.16 Å². The maximum Gasteiger partial charge on any atom is 0.375 e. The van der Waals surface area contributed by atoms with Crippen LogP contribution >= 0.6 is 0 Å². The maximum absolute atomic E-state index is 12.2. The number of oxime groups is 1. The number of nitrogens with zero attached hydrogens (tertiary/aromatic N) is 1. The summed E-state index contributed by atoms with van der Waals surface area (Å²) in [4.78, 5) is 17.1. The maximum atomic E-state index is 12.2. The van der Waals surface area contributed by atoms with E-state index in [9.17, 15) is 4.79 Å². The average molecular weight is 358 g/mol. The molecule has 0 radical (unpaired) electrons. The van der Waals surface area contributed by atoms with E-state index in [1.54, 1.807) is 30.3 Å². The van der Waals surface area contributed by atoms with Gasteiger partial charge in [-0.3, -0.25) is 0 Å². The van der Waals surface area contributed by atoms with Crippen LogP contribution < -0.4 is 19.9 Å². The minimum absolute atomic E-state index is 0.0360. The summed E-state index contributed by atoms with van der Waals surface area (Å²) < 4.78 is 16.0. The molecule has 0 aromatic heterocycles. The molecule has 1 atom stereocenters. The Morgan fingerprint density at radius 2 is 1.77 bits per heavy atom. The second-order valence-electron chi connectivity index (χ2n) is 5.28.